The van der Waals surface area contributed by atoms with Crippen molar-refractivity contribution in [1.82, 2.24) is 9.80 Å². The number of halogens is 4. The number of likely N-dealkylation sites (tertiary alicyclic amines) is 1. The van der Waals surface area contributed by atoms with Crippen LogP contribution in [0.15, 0.2) is 42.5 Å². The monoisotopic (exact) mass is 578 g/mol. The summed E-state index contributed by atoms with van der Waals surface area (Å²) in [6.45, 7) is 6.15. The van der Waals surface area contributed by atoms with Crippen LogP contribution in [0.3, 0.4) is 0 Å². The number of benzene rings is 2. The van der Waals surface area contributed by atoms with Crippen LogP contribution in [-0.4, -0.2) is 58.9 Å². The number of hydrogen-bond acceptors (Lipinski definition) is 3. The number of alkyl halides is 3. The van der Waals surface area contributed by atoms with Crippen LogP contribution in [0.4, 0.5) is 13.2 Å². The highest BCUT2D eigenvalue weighted by molar-refractivity contribution is 6.31. The molecule has 2 aliphatic rings. The van der Waals surface area contributed by atoms with Gasteiger partial charge in [0.05, 0.1) is 23.9 Å². The molecular weight excluding hydrogens is 545 g/mol. The summed E-state index contributed by atoms with van der Waals surface area (Å²) in [6, 6.07) is 10.4. The largest absolute Gasteiger partial charge is 0.481 e. The van der Waals surface area contributed by atoms with Crippen molar-refractivity contribution in [2.45, 2.75) is 58.0 Å². The quantitative estimate of drug-likeness (QED) is 0.460. The van der Waals surface area contributed by atoms with E-state index in [9.17, 15) is 32.7 Å². The van der Waals surface area contributed by atoms with Gasteiger partial charge in [-0.1, -0.05) is 56.6 Å². The number of fused-ring (bicyclic) bond motifs is 1. The van der Waals surface area contributed by atoms with E-state index < -0.39 is 35.5 Å². The lowest BCUT2D eigenvalue weighted by atomic mass is 9.77. The summed E-state index contributed by atoms with van der Waals surface area (Å²) in [5.41, 5.74) is 0.321. The molecule has 10 heteroatoms. The second-order valence-electron chi connectivity index (χ2n) is 11.9. The maximum atomic E-state index is 14.1. The Morgan fingerprint density at radius 3 is 2.23 bits per heavy atom. The number of rotatable bonds is 5. The van der Waals surface area contributed by atoms with Crippen LogP contribution in [0.2, 0.25) is 5.02 Å². The van der Waals surface area contributed by atoms with Crippen molar-refractivity contribution in [2.75, 3.05) is 26.2 Å². The van der Waals surface area contributed by atoms with Crippen molar-refractivity contribution >= 4 is 29.4 Å². The first-order valence-corrected chi connectivity index (χ1v) is 13.8. The summed E-state index contributed by atoms with van der Waals surface area (Å²) in [6.07, 6.45) is -3.55. The van der Waals surface area contributed by atoms with Crippen LogP contribution in [0.5, 0.6) is 0 Å². The molecule has 2 heterocycles. The fourth-order valence-corrected chi connectivity index (χ4v) is 6.01. The summed E-state index contributed by atoms with van der Waals surface area (Å²) >= 11 is 6.55. The van der Waals surface area contributed by atoms with Gasteiger partial charge in [-0.2, -0.15) is 13.2 Å². The van der Waals surface area contributed by atoms with Crippen molar-refractivity contribution in [3.05, 3.63) is 69.7 Å². The van der Waals surface area contributed by atoms with Gasteiger partial charge >= 0.3 is 12.1 Å². The summed E-state index contributed by atoms with van der Waals surface area (Å²) < 4.78 is 41.6. The average Bonchev–Trinajstić information content (AvgIpc) is 2.98. The van der Waals surface area contributed by atoms with Crippen LogP contribution >= 0.6 is 11.6 Å². The number of carboxylic acids is 1. The van der Waals surface area contributed by atoms with Gasteiger partial charge in [-0.05, 0) is 59.6 Å². The Kier molecular flexibility index (Phi) is 8.54. The third-order valence-electron chi connectivity index (χ3n) is 7.80. The van der Waals surface area contributed by atoms with Crippen molar-refractivity contribution in [2.24, 2.45) is 11.3 Å². The number of hydrogen-bond donors (Lipinski definition) is 1. The summed E-state index contributed by atoms with van der Waals surface area (Å²) in [7, 11) is 0. The van der Waals surface area contributed by atoms with Crippen LogP contribution in [0, 0.1) is 11.3 Å². The Balaban J connectivity index is 1.77. The highest BCUT2D eigenvalue weighted by Crippen LogP contribution is 2.44. The van der Waals surface area contributed by atoms with Gasteiger partial charge in [0.15, 0.2) is 0 Å². The molecule has 2 unspecified atom stereocenters. The zero-order valence-electron chi connectivity index (χ0n) is 22.8. The molecule has 2 atom stereocenters. The molecule has 2 aromatic rings. The smallest absolute Gasteiger partial charge is 0.416 e. The molecule has 0 spiro atoms. The van der Waals surface area contributed by atoms with Crippen LogP contribution < -0.4 is 0 Å². The first-order chi connectivity index (χ1) is 18.7. The van der Waals surface area contributed by atoms with Gasteiger partial charge in [0.2, 0.25) is 11.8 Å². The number of carboxylic acid groups (broad SMARTS) is 1. The number of aliphatic carboxylic acids is 1. The second kappa shape index (κ2) is 11.4. The summed E-state index contributed by atoms with van der Waals surface area (Å²) in [5.74, 6) is -3.48. The van der Waals surface area contributed by atoms with E-state index in [2.05, 4.69) is 0 Å². The van der Waals surface area contributed by atoms with E-state index in [1.807, 2.05) is 20.8 Å². The molecule has 0 saturated carbocycles. The molecule has 1 saturated heterocycles. The fraction of sp³-hybridized carbons (Fsp3) is 0.500. The van der Waals surface area contributed by atoms with E-state index in [-0.39, 0.29) is 43.4 Å². The number of amides is 2. The van der Waals surface area contributed by atoms with Gasteiger partial charge in [0, 0.05) is 30.6 Å². The molecule has 0 bridgehead atoms. The van der Waals surface area contributed by atoms with Crippen molar-refractivity contribution < 1.29 is 32.7 Å². The first-order valence-electron chi connectivity index (χ1n) is 13.4. The SMILES string of the molecule is CC(C)(C)CC1C(=O)N(CC(=O)N2CCC(C(=O)O)CC2)CC(c2ccccc2Cl)c2cc(C(F)(F)F)ccc21. The average molecular weight is 579 g/mol. The summed E-state index contributed by atoms with van der Waals surface area (Å²) in [4.78, 5) is 41.8. The van der Waals surface area contributed by atoms with Gasteiger partial charge in [0.1, 0.15) is 0 Å². The zero-order valence-corrected chi connectivity index (χ0v) is 23.6. The van der Waals surface area contributed by atoms with Crippen LogP contribution in [0.25, 0.3) is 0 Å². The predicted octanol–water partition coefficient (Wildman–Crippen LogP) is 6.18. The van der Waals surface area contributed by atoms with E-state index in [1.165, 1.54) is 11.0 Å². The lowest BCUT2D eigenvalue weighted by Gasteiger charge is -2.34. The standard InChI is InChI=1S/C30H34ClF3N2O4/c1-29(2,3)15-23-20-9-8-19(30(32,33)34)14-22(20)24(21-6-4-5-7-25(21)31)16-36(27(23)38)17-26(37)35-12-10-18(11-13-35)28(39)40/h4-9,14,18,23-24H,10-13,15-17H2,1-3H3,(H,39,40). The molecule has 2 aliphatic heterocycles. The molecule has 6 nitrogen and oxygen atoms in total. The molecule has 40 heavy (non-hydrogen) atoms. The number of piperidine rings is 1. The van der Waals surface area contributed by atoms with Gasteiger partial charge in [0.25, 0.3) is 0 Å². The van der Waals surface area contributed by atoms with Crippen molar-refractivity contribution in [3.8, 4) is 0 Å². The molecule has 1 fully saturated rings. The highest BCUT2D eigenvalue weighted by atomic mass is 35.5. The Labute approximate surface area is 237 Å². The highest BCUT2D eigenvalue weighted by Gasteiger charge is 2.41. The van der Waals surface area contributed by atoms with Gasteiger partial charge in [-0.15, -0.1) is 0 Å². The van der Waals surface area contributed by atoms with Crippen molar-refractivity contribution in [3.63, 3.8) is 0 Å². The maximum Gasteiger partial charge on any atom is 0.416 e. The Bertz CT molecular complexity index is 1280. The van der Waals surface area contributed by atoms with E-state index in [0.29, 0.717) is 41.0 Å². The molecule has 0 radical (unpaired) electrons. The lowest BCUT2D eigenvalue weighted by molar-refractivity contribution is -0.147. The minimum atomic E-state index is -4.58. The second-order valence-corrected chi connectivity index (χ2v) is 12.4. The van der Waals surface area contributed by atoms with Gasteiger partial charge in [-0.25, -0.2) is 0 Å². The van der Waals surface area contributed by atoms with Crippen LogP contribution in [-0.2, 0) is 20.6 Å². The summed E-state index contributed by atoms with van der Waals surface area (Å²) in [5, 5.41) is 9.65. The topological polar surface area (TPSA) is 77.9 Å². The maximum absolute atomic E-state index is 14.1. The Morgan fingerprint density at radius 1 is 1.00 bits per heavy atom. The van der Waals surface area contributed by atoms with Crippen molar-refractivity contribution in [1.29, 1.82) is 0 Å². The number of carbonyl (C=O) groups excluding carboxylic acids is 2. The minimum absolute atomic E-state index is 0.0190. The van der Waals surface area contributed by atoms with Gasteiger partial charge < -0.3 is 14.9 Å². The van der Waals surface area contributed by atoms with Gasteiger partial charge in [-0.3, -0.25) is 14.4 Å². The molecular formula is C30H34ClF3N2O4. The lowest BCUT2D eigenvalue weighted by Crippen LogP contribution is -2.48. The van der Waals surface area contributed by atoms with E-state index in [4.69, 9.17) is 11.6 Å². The Morgan fingerprint density at radius 2 is 1.65 bits per heavy atom. The normalized spacial score (nSPS) is 20.7. The molecule has 1 N–H and O–H groups in total. The third-order valence-corrected chi connectivity index (χ3v) is 8.14. The zero-order chi connectivity index (χ0) is 29.4. The van der Waals surface area contributed by atoms with E-state index in [1.54, 1.807) is 29.2 Å². The predicted molar refractivity (Wildman–Crippen MR) is 145 cm³/mol. The first kappa shape index (κ1) is 29.9. The third kappa shape index (κ3) is 6.62. The molecule has 4 rings (SSSR count). The molecule has 0 aromatic heterocycles. The Hall–Kier alpha value is -3.07. The minimum Gasteiger partial charge on any atom is -0.481 e. The number of nitrogens with zero attached hydrogens (tertiary/aromatic N) is 2. The molecule has 2 aromatic carbocycles. The molecule has 216 valence electrons. The van der Waals surface area contributed by atoms with E-state index >= 15 is 0 Å². The van der Waals surface area contributed by atoms with E-state index in [0.717, 1.165) is 12.1 Å². The van der Waals surface area contributed by atoms with Crippen LogP contribution in [0.1, 0.15) is 74.1 Å². The molecule has 0 aliphatic carbocycles. The fourth-order valence-electron chi connectivity index (χ4n) is 5.75. The molecule has 2 amide bonds. The number of carbonyl (C=O) groups is 3.